The minimum Gasteiger partial charge on any atom is -0.389 e. The van der Waals surface area contributed by atoms with Crippen molar-refractivity contribution in [3.05, 3.63) is 40.3 Å². The van der Waals surface area contributed by atoms with Crippen molar-refractivity contribution in [2.75, 3.05) is 6.54 Å². The number of halogens is 1. The molecule has 0 aromatic heterocycles. The van der Waals surface area contributed by atoms with Crippen LogP contribution in [-0.2, 0) is 10.0 Å². The third-order valence-electron chi connectivity index (χ3n) is 2.73. The number of hydrogen-bond acceptors (Lipinski definition) is 3. The minimum atomic E-state index is -3.56. The lowest BCUT2D eigenvalue weighted by Gasteiger charge is -2.20. The smallest absolute Gasteiger partial charge is 0.233 e. The molecule has 4 nitrogen and oxygen atoms in total. The molecule has 0 aliphatic heterocycles. The van der Waals surface area contributed by atoms with Crippen molar-refractivity contribution in [1.82, 2.24) is 4.72 Å². The molecule has 0 saturated heterocycles. The van der Waals surface area contributed by atoms with Crippen LogP contribution in [0.3, 0.4) is 0 Å². The molecule has 1 rings (SSSR count). The Labute approximate surface area is 119 Å². The summed E-state index contributed by atoms with van der Waals surface area (Å²) in [6, 6.07) is 6.80. The Morgan fingerprint density at radius 3 is 2.47 bits per heavy atom. The van der Waals surface area contributed by atoms with Gasteiger partial charge in [0.1, 0.15) is 0 Å². The number of aliphatic hydroxyl groups is 1. The van der Waals surface area contributed by atoms with Gasteiger partial charge >= 0.3 is 0 Å². The van der Waals surface area contributed by atoms with E-state index in [0.717, 1.165) is 11.0 Å². The van der Waals surface area contributed by atoms with Gasteiger partial charge in [0.15, 0.2) is 0 Å². The first kappa shape index (κ1) is 16.2. The van der Waals surface area contributed by atoms with Crippen molar-refractivity contribution < 1.29 is 13.5 Å². The summed E-state index contributed by atoms with van der Waals surface area (Å²) in [7, 11) is -3.56. The molecule has 0 bridgehead atoms. The van der Waals surface area contributed by atoms with E-state index in [1.165, 1.54) is 6.08 Å². The van der Waals surface area contributed by atoms with E-state index in [-0.39, 0.29) is 6.54 Å². The Morgan fingerprint density at radius 1 is 1.37 bits per heavy atom. The van der Waals surface area contributed by atoms with Crippen LogP contribution in [-0.4, -0.2) is 25.7 Å². The van der Waals surface area contributed by atoms with Gasteiger partial charge in [-0.25, -0.2) is 13.1 Å². The Kier molecular flexibility index (Phi) is 5.55. The average Bonchev–Trinajstić information content (AvgIpc) is 2.36. The molecule has 19 heavy (non-hydrogen) atoms. The molecular formula is C13H18ClNO3S. The maximum atomic E-state index is 11.7. The zero-order chi connectivity index (χ0) is 14.5. The van der Waals surface area contributed by atoms with Crippen LogP contribution >= 0.6 is 11.6 Å². The van der Waals surface area contributed by atoms with Crippen LogP contribution in [0.25, 0.3) is 6.08 Å². The van der Waals surface area contributed by atoms with Crippen LogP contribution in [0.5, 0.6) is 0 Å². The van der Waals surface area contributed by atoms with Gasteiger partial charge in [-0.3, -0.25) is 0 Å². The van der Waals surface area contributed by atoms with Gasteiger partial charge in [-0.1, -0.05) is 30.7 Å². The summed E-state index contributed by atoms with van der Waals surface area (Å²) < 4.78 is 25.7. The first-order chi connectivity index (χ1) is 8.74. The van der Waals surface area contributed by atoms with E-state index in [1.54, 1.807) is 38.1 Å². The number of sulfonamides is 1. The van der Waals surface area contributed by atoms with E-state index in [9.17, 15) is 13.5 Å². The normalized spacial score (nSPS) is 15.6. The first-order valence-electron chi connectivity index (χ1n) is 5.90. The van der Waals surface area contributed by atoms with Crippen LogP contribution < -0.4 is 4.72 Å². The SMILES string of the molecule is CCC(C)(O)CNS(=O)(=O)C=Cc1ccc(Cl)cc1. The maximum Gasteiger partial charge on any atom is 0.233 e. The zero-order valence-electron chi connectivity index (χ0n) is 10.9. The monoisotopic (exact) mass is 303 g/mol. The van der Waals surface area contributed by atoms with Gasteiger partial charge in [0, 0.05) is 17.0 Å². The third-order valence-corrected chi connectivity index (χ3v) is 4.02. The molecular weight excluding hydrogens is 286 g/mol. The van der Waals surface area contributed by atoms with Gasteiger partial charge in [-0.05, 0) is 37.1 Å². The highest BCUT2D eigenvalue weighted by atomic mass is 35.5. The highest BCUT2D eigenvalue weighted by Gasteiger charge is 2.19. The minimum absolute atomic E-state index is 0.0171. The van der Waals surface area contributed by atoms with Gasteiger partial charge < -0.3 is 5.11 Å². The molecule has 106 valence electrons. The number of nitrogens with one attached hydrogen (secondary N) is 1. The Hall–Kier alpha value is -0.880. The summed E-state index contributed by atoms with van der Waals surface area (Å²) in [5.41, 5.74) is -0.307. The Morgan fingerprint density at radius 2 is 1.95 bits per heavy atom. The van der Waals surface area contributed by atoms with Gasteiger partial charge in [0.2, 0.25) is 10.0 Å². The van der Waals surface area contributed by atoms with Gasteiger partial charge in [-0.15, -0.1) is 0 Å². The number of hydrogen-bond donors (Lipinski definition) is 2. The van der Waals surface area contributed by atoms with E-state index in [0.29, 0.717) is 11.4 Å². The second kappa shape index (κ2) is 6.52. The fraction of sp³-hybridized carbons (Fsp3) is 0.385. The fourth-order valence-electron chi connectivity index (χ4n) is 1.17. The van der Waals surface area contributed by atoms with E-state index in [1.807, 2.05) is 0 Å². The Bertz CT molecular complexity index is 536. The molecule has 0 spiro atoms. The summed E-state index contributed by atoms with van der Waals surface area (Å²) in [4.78, 5) is 0. The van der Waals surface area contributed by atoms with Gasteiger partial charge in [0.25, 0.3) is 0 Å². The van der Waals surface area contributed by atoms with Gasteiger partial charge in [-0.2, -0.15) is 0 Å². The molecule has 0 saturated carbocycles. The molecule has 0 fully saturated rings. The number of rotatable bonds is 6. The molecule has 1 atom stereocenters. The van der Waals surface area contributed by atoms with Crippen LogP contribution in [0.2, 0.25) is 5.02 Å². The van der Waals surface area contributed by atoms with Gasteiger partial charge in [0.05, 0.1) is 5.60 Å². The predicted octanol–water partition coefficient (Wildman–Crippen LogP) is 2.39. The predicted molar refractivity (Wildman–Crippen MR) is 78.3 cm³/mol. The lowest BCUT2D eigenvalue weighted by atomic mass is 10.1. The second-order valence-electron chi connectivity index (χ2n) is 4.57. The zero-order valence-corrected chi connectivity index (χ0v) is 12.5. The van der Waals surface area contributed by atoms with Crippen molar-refractivity contribution in [1.29, 1.82) is 0 Å². The van der Waals surface area contributed by atoms with Crippen molar-refractivity contribution >= 4 is 27.7 Å². The first-order valence-corrected chi connectivity index (χ1v) is 7.82. The van der Waals surface area contributed by atoms with E-state index in [2.05, 4.69) is 4.72 Å². The highest BCUT2D eigenvalue weighted by Crippen LogP contribution is 2.11. The highest BCUT2D eigenvalue weighted by molar-refractivity contribution is 7.92. The standard InChI is InChI=1S/C13H18ClNO3S/c1-3-13(2,16)10-15-19(17,18)9-8-11-4-6-12(14)7-5-11/h4-9,15-16H,3,10H2,1-2H3. The molecule has 0 aliphatic rings. The van der Waals surface area contributed by atoms with Crippen molar-refractivity contribution in [3.8, 4) is 0 Å². The number of benzene rings is 1. The largest absolute Gasteiger partial charge is 0.389 e. The summed E-state index contributed by atoms with van der Waals surface area (Å²) >= 11 is 5.74. The van der Waals surface area contributed by atoms with E-state index in [4.69, 9.17) is 11.6 Å². The molecule has 1 aromatic carbocycles. The summed E-state index contributed by atoms with van der Waals surface area (Å²) in [6.07, 6.45) is 1.94. The molecule has 0 amide bonds. The van der Waals surface area contributed by atoms with Crippen LogP contribution in [0.4, 0.5) is 0 Å². The molecule has 2 N–H and O–H groups in total. The lowest BCUT2D eigenvalue weighted by Crippen LogP contribution is -2.39. The molecule has 0 heterocycles. The van der Waals surface area contributed by atoms with Crippen molar-refractivity contribution in [2.24, 2.45) is 0 Å². The average molecular weight is 304 g/mol. The summed E-state index contributed by atoms with van der Waals surface area (Å²) in [5.74, 6) is 0. The lowest BCUT2D eigenvalue weighted by molar-refractivity contribution is 0.0614. The second-order valence-corrected chi connectivity index (χ2v) is 6.66. The van der Waals surface area contributed by atoms with E-state index >= 15 is 0 Å². The maximum absolute atomic E-state index is 11.7. The fourth-order valence-corrected chi connectivity index (χ4v) is 2.24. The quantitative estimate of drug-likeness (QED) is 0.848. The summed E-state index contributed by atoms with van der Waals surface area (Å²) in [6.45, 7) is 3.35. The Balaban J connectivity index is 2.67. The van der Waals surface area contributed by atoms with Crippen LogP contribution in [0.1, 0.15) is 25.8 Å². The molecule has 0 aliphatic carbocycles. The third kappa shape index (κ3) is 6.20. The summed E-state index contributed by atoms with van der Waals surface area (Å²) in [5, 5.41) is 11.4. The molecule has 1 unspecified atom stereocenters. The molecule has 6 heteroatoms. The van der Waals surface area contributed by atoms with E-state index < -0.39 is 15.6 Å². The van der Waals surface area contributed by atoms with Crippen LogP contribution in [0, 0.1) is 0 Å². The van der Waals surface area contributed by atoms with Crippen LogP contribution in [0.15, 0.2) is 29.7 Å². The molecule has 0 radical (unpaired) electrons. The topological polar surface area (TPSA) is 66.4 Å². The van der Waals surface area contributed by atoms with Crippen molar-refractivity contribution in [2.45, 2.75) is 25.9 Å². The van der Waals surface area contributed by atoms with Crippen molar-refractivity contribution in [3.63, 3.8) is 0 Å². The molecule has 1 aromatic rings.